The lowest BCUT2D eigenvalue weighted by Crippen LogP contribution is -2.50. The van der Waals surface area contributed by atoms with Gasteiger partial charge in [-0.05, 0) is 89.5 Å². The van der Waals surface area contributed by atoms with Crippen LogP contribution in [0.5, 0.6) is 0 Å². The first kappa shape index (κ1) is 27.1. The van der Waals surface area contributed by atoms with Crippen LogP contribution in [0, 0.1) is 20.8 Å². The van der Waals surface area contributed by atoms with Crippen molar-refractivity contribution in [1.29, 1.82) is 0 Å². The molecule has 0 bridgehead atoms. The van der Waals surface area contributed by atoms with Crippen molar-refractivity contribution in [3.8, 4) is 0 Å². The summed E-state index contributed by atoms with van der Waals surface area (Å²) in [6.45, 7) is 18.9. The molecule has 0 saturated carbocycles. The molecule has 2 aliphatic rings. The SMILES string of the molecule is CC1=C(c2cnc(N3CCN(C(=O)OC(C)(C)C)CC3)cc2C)CCN(c2cc(C)nc(C)c2C=P)C1. The topological polar surface area (TPSA) is 61.8 Å². The highest BCUT2D eigenvalue weighted by molar-refractivity contribution is 7.19. The predicted molar refractivity (Wildman–Crippen MR) is 156 cm³/mol. The monoisotopic (exact) mass is 521 g/mol. The molecule has 4 heterocycles. The first-order valence-electron chi connectivity index (χ1n) is 13.1. The van der Waals surface area contributed by atoms with Gasteiger partial charge in [-0.3, -0.25) is 4.98 Å². The van der Waals surface area contributed by atoms with Gasteiger partial charge in [0, 0.05) is 68.1 Å². The molecule has 0 aliphatic carbocycles. The zero-order valence-electron chi connectivity index (χ0n) is 23.3. The number of aryl methyl sites for hydroxylation is 3. The molecule has 0 unspecified atom stereocenters. The number of pyridine rings is 2. The standard InChI is InChI=1S/C29H40N5O2P/c1-19-14-27(32-10-12-33(13-11-32)28(35)36-29(5,6)7)30-16-24(19)23-8-9-34(17-20(23)2)26-15-21(3)31-22(4)25(26)18-37/h14-16,18,37H,8-13,17H2,1-7H3. The van der Waals surface area contributed by atoms with Crippen LogP contribution in [0.15, 0.2) is 23.9 Å². The summed E-state index contributed by atoms with van der Waals surface area (Å²) in [5.41, 5.74) is 9.24. The second-order valence-corrected chi connectivity index (χ2v) is 11.5. The third-order valence-corrected chi connectivity index (χ3v) is 7.38. The molecule has 0 N–H and O–H groups in total. The normalized spacial score (nSPS) is 16.8. The molecule has 0 atom stereocenters. The van der Waals surface area contributed by atoms with E-state index in [1.807, 2.05) is 32.8 Å². The highest BCUT2D eigenvalue weighted by Gasteiger charge is 2.27. The third-order valence-electron chi connectivity index (χ3n) is 7.09. The zero-order valence-corrected chi connectivity index (χ0v) is 24.3. The van der Waals surface area contributed by atoms with Gasteiger partial charge in [0.15, 0.2) is 0 Å². The number of ether oxygens (including phenoxy) is 1. The molecule has 0 radical (unpaired) electrons. The molecule has 1 amide bonds. The molecule has 0 spiro atoms. The summed E-state index contributed by atoms with van der Waals surface area (Å²) in [4.78, 5) is 28.4. The Labute approximate surface area is 223 Å². The predicted octanol–water partition coefficient (Wildman–Crippen LogP) is 5.44. The van der Waals surface area contributed by atoms with E-state index in [4.69, 9.17) is 9.72 Å². The van der Waals surface area contributed by atoms with Crippen LogP contribution in [0.2, 0.25) is 0 Å². The van der Waals surface area contributed by atoms with Crippen LogP contribution in [-0.4, -0.2) is 71.6 Å². The second kappa shape index (κ2) is 10.8. The Balaban J connectivity index is 1.46. The maximum absolute atomic E-state index is 12.4. The van der Waals surface area contributed by atoms with Crippen LogP contribution in [0.25, 0.3) is 5.57 Å². The Morgan fingerprint density at radius 2 is 1.73 bits per heavy atom. The first-order chi connectivity index (χ1) is 17.5. The maximum atomic E-state index is 12.4. The molecule has 37 heavy (non-hydrogen) atoms. The Kier molecular flexibility index (Phi) is 7.94. The fraction of sp³-hybridized carbons (Fsp3) is 0.517. The van der Waals surface area contributed by atoms with E-state index in [9.17, 15) is 4.79 Å². The number of piperazine rings is 1. The average Bonchev–Trinajstić information content (AvgIpc) is 2.83. The highest BCUT2D eigenvalue weighted by Crippen LogP contribution is 2.34. The van der Waals surface area contributed by atoms with E-state index in [1.54, 1.807) is 4.90 Å². The van der Waals surface area contributed by atoms with E-state index >= 15 is 0 Å². The maximum Gasteiger partial charge on any atom is 0.410 e. The number of hydrogen-bond acceptors (Lipinski definition) is 6. The Bertz CT molecular complexity index is 1230. The summed E-state index contributed by atoms with van der Waals surface area (Å²) in [5, 5.41) is 0. The lowest BCUT2D eigenvalue weighted by Gasteiger charge is -2.36. The summed E-state index contributed by atoms with van der Waals surface area (Å²) < 4.78 is 5.53. The van der Waals surface area contributed by atoms with E-state index in [-0.39, 0.29) is 6.09 Å². The van der Waals surface area contributed by atoms with Gasteiger partial charge in [0.05, 0.1) is 0 Å². The highest BCUT2D eigenvalue weighted by atomic mass is 31.0. The molecular formula is C29H40N5O2P. The molecule has 2 aromatic rings. The van der Waals surface area contributed by atoms with Crippen molar-refractivity contribution in [3.63, 3.8) is 0 Å². The number of carbonyl (C=O) groups is 1. The zero-order chi connectivity index (χ0) is 26.9. The minimum Gasteiger partial charge on any atom is -0.444 e. The number of rotatable bonds is 4. The third kappa shape index (κ3) is 6.15. The summed E-state index contributed by atoms with van der Waals surface area (Å²) in [5.74, 6) is 2.95. The lowest BCUT2D eigenvalue weighted by atomic mass is 9.92. The van der Waals surface area contributed by atoms with E-state index < -0.39 is 5.60 Å². The quantitative estimate of drug-likeness (QED) is 0.500. The fourth-order valence-electron chi connectivity index (χ4n) is 5.22. The molecular weight excluding hydrogens is 481 g/mol. The van der Waals surface area contributed by atoms with E-state index in [1.165, 1.54) is 28.0 Å². The van der Waals surface area contributed by atoms with Crippen LogP contribution in [0.1, 0.15) is 62.2 Å². The number of carbonyl (C=O) groups excluding carboxylic acids is 1. The average molecular weight is 522 g/mol. The van der Waals surface area contributed by atoms with Crippen LogP contribution >= 0.6 is 8.86 Å². The van der Waals surface area contributed by atoms with Gasteiger partial charge in [0.25, 0.3) is 0 Å². The Hall–Kier alpha value is -2.92. The molecule has 2 aromatic heterocycles. The molecule has 1 saturated heterocycles. The van der Waals surface area contributed by atoms with Crippen molar-refractivity contribution in [2.24, 2.45) is 0 Å². The minimum atomic E-state index is -0.476. The van der Waals surface area contributed by atoms with Crippen LogP contribution in [0.4, 0.5) is 16.3 Å². The molecule has 198 valence electrons. The summed E-state index contributed by atoms with van der Waals surface area (Å²) in [7, 11) is 3.60. The van der Waals surface area contributed by atoms with E-state index in [0.29, 0.717) is 13.1 Å². The molecule has 2 aliphatic heterocycles. The van der Waals surface area contributed by atoms with Crippen molar-refractivity contribution in [3.05, 3.63) is 52.0 Å². The fourth-order valence-corrected chi connectivity index (χ4v) is 5.58. The summed E-state index contributed by atoms with van der Waals surface area (Å²) >= 11 is 0. The van der Waals surface area contributed by atoms with Gasteiger partial charge in [-0.25, -0.2) is 9.78 Å². The first-order valence-corrected chi connectivity index (χ1v) is 13.7. The van der Waals surface area contributed by atoms with Crippen molar-refractivity contribution in [1.82, 2.24) is 14.9 Å². The van der Waals surface area contributed by atoms with Gasteiger partial charge in [0.1, 0.15) is 11.4 Å². The number of aromatic nitrogens is 2. The van der Waals surface area contributed by atoms with Crippen molar-refractivity contribution >= 4 is 37.8 Å². The minimum absolute atomic E-state index is 0.237. The van der Waals surface area contributed by atoms with Gasteiger partial charge < -0.3 is 19.4 Å². The summed E-state index contributed by atoms with van der Waals surface area (Å²) in [6.07, 6.45) is 2.78. The smallest absolute Gasteiger partial charge is 0.410 e. The molecule has 4 rings (SSSR count). The Morgan fingerprint density at radius 3 is 2.32 bits per heavy atom. The second-order valence-electron chi connectivity index (χ2n) is 11.2. The number of nitrogens with zero attached hydrogens (tertiary/aromatic N) is 5. The van der Waals surface area contributed by atoms with Gasteiger partial charge in [0.2, 0.25) is 0 Å². The number of amides is 1. The van der Waals surface area contributed by atoms with Crippen molar-refractivity contribution in [2.45, 2.75) is 60.5 Å². The van der Waals surface area contributed by atoms with Gasteiger partial charge in [-0.15, -0.1) is 8.86 Å². The van der Waals surface area contributed by atoms with E-state index in [2.05, 4.69) is 63.5 Å². The van der Waals surface area contributed by atoms with Gasteiger partial charge >= 0.3 is 6.09 Å². The number of hydrogen-bond donors (Lipinski definition) is 0. The molecule has 8 heteroatoms. The van der Waals surface area contributed by atoms with Crippen LogP contribution in [-0.2, 0) is 4.74 Å². The largest absolute Gasteiger partial charge is 0.444 e. The van der Waals surface area contributed by atoms with E-state index in [0.717, 1.165) is 55.4 Å². The molecule has 0 aromatic carbocycles. The molecule has 7 nitrogen and oxygen atoms in total. The van der Waals surface area contributed by atoms with Gasteiger partial charge in [-0.2, -0.15) is 0 Å². The number of anilines is 2. The van der Waals surface area contributed by atoms with Crippen LogP contribution in [0.3, 0.4) is 0 Å². The lowest BCUT2D eigenvalue weighted by molar-refractivity contribution is 0.0240. The summed E-state index contributed by atoms with van der Waals surface area (Å²) in [6, 6.07) is 4.37. The molecule has 1 fully saturated rings. The Morgan fingerprint density at radius 1 is 1.03 bits per heavy atom. The van der Waals surface area contributed by atoms with Crippen molar-refractivity contribution in [2.75, 3.05) is 49.1 Å². The van der Waals surface area contributed by atoms with Crippen molar-refractivity contribution < 1.29 is 9.53 Å². The van der Waals surface area contributed by atoms with Crippen LogP contribution < -0.4 is 9.80 Å². The van der Waals surface area contributed by atoms with Gasteiger partial charge in [-0.1, -0.05) is 5.57 Å².